The van der Waals surface area contributed by atoms with E-state index in [0.717, 1.165) is 40.1 Å². The molecule has 1 aliphatic rings. The van der Waals surface area contributed by atoms with E-state index < -0.39 is 35.3 Å². The van der Waals surface area contributed by atoms with Gasteiger partial charge < -0.3 is 25.6 Å². The van der Waals surface area contributed by atoms with Crippen molar-refractivity contribution in [2.24, 2.45) is 0 Å². The maximum Gasteiger partial charge on any atom is 0.416 e. The molecule has 11 heteroatoms. The average molecular weight is 634 g/mol. The Labute approximate surface area is 266 Å². The highest BCUT2D eigenvalue weighted by molar-refractivity contribution is 6.00. The Bertz CT molecular complexity index is 1670. The number of nitrogens with one attached hydrogen (secondary N) is 3. The number of amides is 2. The molecule has 0 saturated carbocycles. The quantitative estimate of drug-likeness (QED) is 0.175. The molecule has 0 aliphatic carbocycles. The fourth-order valence-electron chi connectivity index (χ4n) is 5.72. The number of nitrogens with zero attached hydrogens (tertiary/aromatic N) is 2. The zero-order valence-electron chi connectivity index (χ0n) is 26.0. The van der Waals surface area contributed by atoms with Gasteiger partial charge in [-0.15, -0.1) is 0 Å². The van der Waals surface area contributed by atoms with Gasteiger partial charge in [0.1, 0.15) is 6.04 Å². The number of hydrogen-bond acceptors (Lipinski definition) is 5. The van der Waals surface area contributed by atoms with E-state index >= 15 is 0 Å². The Morgan fingerprint density at radius 3 is 2.46 bits per heavy atom. The molecule has 4 N–H and O–H groups in total. The lowest BCUT2D eigenvalue weighted by atomic mass is 9.97. The number of carbonyl (C=O) groups excluding carboxylic acids is 2. The Morgan fingerprint density at radius 2 is 1.80 bits per heavy atom. The molecule has 242 valence electrons. The molecule has 5 rings (SSSR count). The monoisotopic (exact) mass is 633 g/mol. The predicted octanol–water partition coefficient (Wildman–Crippen LogP) is 5.87. The Hall–Kier alpha value is -4.48. The summed E-state index contributed by atoms with van der Waals surface area (Å²) in [6.07, 6.45) is -1.32. The minimum Gasteiger partial charge on any atom is -0.392 e. The molecule has 0 saturated heterocycles. The van der Waals surface area contributed by atoms with Crippen molar-refractivity contribution < 1.29 is 27.9 Å². The normalized spacial score (nSPS) is 16.1. The van der Waals surface area contributed by atoms with Gasteiger partial charge in [-0.25, -0.2) is 4.98 Å². The number of halogens is 3. The second-order valence-corrected chi connectivity index (χ2v) is 12.4. The molecule has 0 fully saturated rings. The average Bonchev–Trinajstić information content (AvgIpc) is 3.52. The minimum absolute atomic E-state index is 0.0376. The Kier molecular flexibility index (Phi) is 9.64. The number of alkyl halides is 3. The molecular formula is C35H38F3N5O3. The van der Waals surface area contributed by atoms with Crippen LogP contribution in [0.4, 0.5) is 18.9 Å². The summed E-state index contributed by atoms with van der Waals surface area (Å²) in [6, 6.07) is 18.0. The van der Waals surface area contributed by atoms with Gasteiger partial charge in [-0.3, -0.25) is 9.59 Å². The molecule has 0 spiro atoms. The maximum atomic E-state index is 14.0. The van der Waals surface area contributed by atoms with E-state index in [0.29, 0.717) is 17.8 Å². The Balaban J connectivity index is 1.41. The molecule has 2 heterocycles. The zero-order valence-corrected chi connectivity index (χ0v) is 26.0. The highest BCUT2D eigenvalue weighted by atomic mass is 19.4. The standard InChI is InChI=1S/C35H38F3N5O3/c1-22(44)18-41-34(2,3)17-32(45)42-29-14-12-25-16-26(35(36,37)38)13-15-31(25)43(33(29)46)20-23-8-10-24(11-9-23)27-6-4-5-7-28(27)30-19-39-21-40-30/h4-11,13,15-16,19,21-22,29,41,44H,12,14,17-18,20H2,1-3H3,(H,39,40)(H,42,45)/t22-,29-/m1/s1. The van der Waals surface area contributed by atoms with Crippen LogP contribution in [-0.2, 0) is 28.7 Å². The van der Waals surface area contributed by atoms with E-state index in [-0.39, 0.29) is 31.7 Å². The lowest BCUT2D eigenvalue weighted by molar-refractivity contribution is -0.137. The smallest absolute Gasteiger partial charge is 0.392 e. The number of aromatic amines is 1. The lowest BCUT2D eigenvalue weighted by Crippen LogP contribution is -2.51. The van der Waals surface area contributed by atoms with Gasteiger partial charge in [0, 0.05) is 36.0 Å². The molecule has 4 aromatic rings. The topological polar surface area (TPSA) is 110 Å². The van der Waals surface area contributed by atoms with Crippen molar-refractivity contribution in [3.63, 3.8) is 0 Å². The number of aromatic nitrogens is 2. The van der Waals surface area contributed by atoms with Crippen LogP contribution in [0.1, 0.15) is 50.3 Å². The number of benzene rings is 3. The molecule has 0 radical (unpaired) electrons. The van der Waals surface area contributed by atoms with E-state index in [2.05, 4.69) is 20.6 Å². The Morgan fingerprint density at radius 1 is 1.09 bits per heavy atom. The number of aliphatic hydroxyl groups excluding tert-OH is 1. The highest BCUT2D eigenvalue weighted by Gasteiger charge is 2.36. The van der Waals surface area contributed by atoms with Gasteiger partial charge in [0.15, 0.2) is 0 Å². The maximum absolute atomic E-state index is 14.0. The van der Waals surface area contributed by atoms with Gasteiger partial charge in [-0.2, -0.15) is 13.2 Å². The van der Waals surface area contributed by atoms with Gasteiger partial charge in [0.2, 0.25) is 11.8 Å². The van der Waals surface area contributed by atoms with Gasteiger partial charge in [0.25, 0.3) is 0 Å². The van der Waals surface area contributed by atoms with Crippen LogP contribution in [0.5, 0.6) is 0 Å². The van der Waals surface area contributed by atoms with Crippen LogP contribution in [0, 0.1) is 0 Å². The molecule has 2 atom stereocenters. The minimum atomic E-state index is -4.53. The van der Waals surface area contributed by atoms with Crippen molar-refractivity contribution in [3.8, 4) is 22.4 Å². The van der Waals surface area contributed by atoms with E-state index in [1.807, 2.05) is 68.6 Å². The number of hydrogen-bond donors (Lipinski definition) is 4. The van der Waals surface area contributed by atoms with E-state index in [1.54, 1.807) is 13.3 Å². The number of fused-ring (bicyclic) bond motifs is 1. The summed E-state index contributed by atoms with van der Waals surface area (Å²) in [5, 5.41) is 15.6. The van der Waals surface area contributed by atoms with Crippen molar-refractivity contribution in [1.82, 2.24) is 20.6 Å². The molecule has 0 bridgehead atoms. The molecule has 46 heavy (non-hydrogen) atoms. The third-order valence-electron chi connectivity index (χ3n) is 8.08. The lowest BCUT2D eigenvalue weighted by Gasteiger charge is -2.29. The van der Waals surface area contributed by atoms with Crippen molar-refractivity contribution in [2.45, 2.75) is 70.4 Å². The first-order chi connectivity index (χ1) is 21.8. The molecule has 3 aromatic carbocycles. The first-order valence-electron chi connectivity index (χ1n) is 15.2. The predicted molar refractivity (Wildman–Crippen MR) is 171 cm³/mol. The van der Waals surface area contributed by atoms with Crippen LogP contribution in [-0.4, -0.2) is 51.1 Å². The molecule has 1 aliphatic heterocycles. The van der Waals surface area contributed by atoms with Crippen LogP contribution in [0.3, 0.4) is 0 Å². The third-order valence-corrected chi connectivity index (χ3v) is 8.08. The number of carbonyl (C=O) groups is 2. The summed E-state index contributed by atoms with van der Waals surface area (Å²) in [5.74, 6) is -0.766. The highest BCUT2D eigenvalue weighted by Crippen LogP contribution is 2.36. The van der Waals surface area contributed by atoms with Crippen LogP contribution in [0.2, 0.25) is 0 Å². The zero-order chi connectivity index (χ0) is 33.1. The van der Waals surface area contributed by atoms with Gasteiger partial charge in [-0.05, 0) is 74.1 Å². The first-order valence-corrected chi connectivity index (χ1v) is 15.2. The van der Waals surface area contributed by atoms with E-state index in [4.69, 9.17) is 0 Å². The number of imidazole rings is 1. The SMILES string of the molecule is C[C@@H](O)CNC(C)(C)CC(=O)N[C@@H]1CCc2cc(C(F)(F)F)ccc2N(Cc2ccc(-c3ccccc3-c3c[nH]cn3)cc2)C1=O. The van der Waals surface area contributed by atoms with Crippen molar-refractivity contribution >= 4 is 17.5 Å². The number of aliphatic hydroxyl groups is 1. The van der Waals surface area contributed by atoms with Gasteiger partial charge >= 0.3 is 6.18 Å². The summed E-state index contributed by atoms with van der Waals surface area (Å²) in [7, 11) is 0. The largest absolute Gasteiger partial charge is 0.416 e. The number of anilines is 1. The fraction of sp³-hybridized carbons (Fsp3) is 0.343. The summed E-state index contributed by atoms with van der Waals surface area (Å²) >= 11 is 0. The fourth-order valence-corrected chi connectivity index (χ4v) is 5.72. The number of aryl methyl sites for hydroxylation is 1. The summed E-state index contributed by atoms with van der Waals surface area (Å²) in [5.41, 5.74) is 3.79. The van der Waals surface area contributed by atoms with Crippen LogP contribution >= 0.6 is 0 Å². The molecule has 2 amide bonds. The molecule has 1 aromatic heterocycles. The molecule has 0 unspecified atom stereocenters. The van der Waals surface area contributed by atoms with Crippen molar-refractivity contribution in [3.05, 3.63) is 95.9 Å². The van der Waals surface area contributed by atoms with E-state index in [1.165, 1.54) is 11.0 Å². The van der Waals surface area contributed by atoms with Crippen LogP contribution in [0.25, 0.3) is 22.4 Å². The first kappa shape index (κ1) is 32.9. The number of β-amino-alcohol motifs (C(OH)–C–C–N with tert-alkyl or cyclic N) is 1. The van der Waals surface area contributed by atoms with Crippen molar-refractivity contribution in [1.29, 1.82) is 0 Å². The molecule has 8 nitrogen and oxygen atoms in total. The van der Waals surface area contributed by atoms with Crippen LogP contribution < -0.4 is 15.5 Å². The van der Waals surface area contributed by atoms with Crippen molar-refractivity contribution in [2.75, 3.05) is 11.4 Å². The van der Waals surface area contributed by atoms with E-state index in [9.17, 15) is 27.9 Å². The van der Waals surface area contributed by atoms with Crippen LogP contribution in [0.15, 0.2) is 79.3 Å². The third kappa shape index (κ3) is 7.83. The summed E-state index contributed by atoms with van der Waals surface area (Å²) in [6.45, 7) is 5.67. The molecular weight excluding hydrogens is 595 g/mol. The number of rotatable bonds is 10. The van der Waals surface area contributed by atoms with Gasteiger partial charge in [0.05, 0.1) is 30.2 Å². The van der Waals surface area contributed by atoms with Gasteiger partial charge in [-0.1, -0.05) is 48.5 Å². The second kappa shape index (κ2) is 13.5. The number of H-pyrrole nitrogens is 1. The summed E-state index contributed by atoms with van der Waals surface area (Å²) in [4.78, 5) is 35.9. The second-order valence-electron chi connectivity index (χ2n) is 12.4. The summed E-state index contributed by atoms with van der Waals surface area (Å²) < 4.78 is 40.9.